The standard InChI is InChI=1S/C19H29NO/c1-2-12-20-19-16(8-5-9-17-10-6-13-21-17)14-15-7-3-4-11-18(15)19/h3-4,7,11,16-17,19-20H,2,5-6,8-10,12-14H2,1H3. The van der Waals surface area contributed by atoms with Crippen LogP contribution < -0.4 is 5.32 Å². The first kappa shape index (κ1) is 15.1. The van der Waals surface area contributed by atoms with Crippen LogP contribution in [0.25, 0.3) is 0 Å². The first-order valence-corrected chi connectivity index (χ1v) is 8.81. The molecule has 0 bridgehead atoms. The number of benzene rings is 1. The molecule has 2 nitrogen and oxygen atoms in total. The maximum Gasteiger partial charge on any atom is 0.0576 e. The fourth-order valence-electron chi connectivity index (χ4n) is 4.00. The second-order valence-electron chi connectivity index (χ2n) is 6.66. The molecule has 0 spiro atoms. The molecular formula is C19H29NO. The smallest absolute Gasteiger partial charge is 0.0576 e. The molecule has 1 N–H and O–H groups in total. The second-order valence-corrected chi connectivity index (χ2v) is 6.66. The summed E-state index contributed by atoms with van der Waals surface area (Å²) in [6, 6.07) is 9.59. The predicted molar refractivity (Wildman–Crippen MR) is 87.5 cm³/mol. The molecular weight excluding hydrogens is 258 g/mol. The van der Waals surface area contributed by atoms with E-state index in [0.717, 1.165) is 19.1 Å². The minimum absolute atomic E-state index is 0.552. The van der Waals surface area contributed by atoms with Crippen molar-refractivity contribution >= 4 is 0 Å². The number of fused-ring (bicyclic) bond motifs is 1. The third-order valence-corrected chi connectivity index (χ3v) is 5.08. The third kappa shape index (κ3) is 3.67. The van der Waals surface area contributed by atoms with Crippen LogP contribution in [0.2, 0.25) is 0 Å². The van der Waals surface area contributed by atoms with Gasteiger partial charge in [0.25, 0.3) is 0 Å². The summed E-state index contributed by atoms with van der Waals surface area (Å²) in [5.41, 5.74) is 3.11. The average Bonchev–Trinajstić information content (AvgIpc) is 3.13. The van der Waals surface area contributed by atoms with Gasteiger partial charge in [-0.05, 0) is 62.1 Å². The van der Waals surface area contributed by atoms with Crippen LogP contribution in [-0.4, -0.2) is 19.3 Å². The highest BCUT2D eigenvalue weighted by atomic mass is 16.5. The normalized spacial score (nSPS) is 28.0. The van der Waals surface area contributed by atoms with Gasteiger partial charge >= 0.3 is 0 Å². The van der Waals surface area contributed by atoms with Crippen LogP contribution in [0.5, 0.6) is 0 Å². The lowest BCUT2D eigenvalue weighted by Crippen LogP contribution is -2.26. The molecule has 0 saturated carbocycles. The number of rotatable bonds is 7. The second kappa shape index (κ2) is 7.42. The zero-order chi connectivity index (χ0) is 14.5. The molecule has 2 heteroatoms. The van der Waals surface area contributed by atoms with E-state index in [0.29, 0.717) is 12.1 Å². The number of ether oxygens (including phenoxy) is 1. The van der Waals surface area contributed by atoms with Gasteiger partial charge < -0.3 is 10.1 Å². The first-order valence-electron chi connectivity index (χ1n) is 8.81. The minimum atomic E-state index is 0.552. The van der Waals surface area contributed by atoms with E-state index in [-0.39, 0.29) is 0 Å². The molecule has 2 aliphatic rings. The Morgan fingerprint density at radius 1 is 1.24 bits per heavy atom. The molecule has 3 unspecified atom stereocenters. The molecule has 1 fully saturated rings. The summed E-state index contributed by atoms with van der Waals surface area (Å²) in [6.45, 7) is 4.36. The van der Waals surface area contributed by atoms with E-state index in [1.165, 1.54) is 44.9 Å². The highest BCUT2D eigenvalue weighted by molar-refractivity contribution is 5.35. The molecule has 0 aromatic heterocycles. The lowest BCUT2D eigenvalue weighted by molar-refractivity contribution is 0.100. The van der Waals surface area contributed by atoms with E-state index in [4.69, 9.17) is 4.74 Å². The molecule has 1 saturated heterocycles. The van der Waals surface area contributed by atoms with Crippen LogP contribution in [0.3, 0.4) is 0 Å². The molecule has 0 radical (unpaired) electrons. The van der Waals surface area contributed by atoms with E-state index in [1.54, 1.807) is 11.1 Å². The monoisotopic (exact) mass is 287 g/mol. The maximum atomic E-state index is 5.76. The molecule has 1 aromatic carbocycles. The van der Waals surface area contributed by atoms with E-state index < -0.39 is 0 Å². The Labute approximate surface area is 129 Å². The van der Waals surface area contributed by atoms with Crippen molar-refractivity contribution in [3.8, 4) is 0 Å². The summed E-state index contributed by atoms with van der Waals surface area (Å²) in [6.07, 6.45) is 9.46. The van der Waals surface area contributed by atoms with Crippen LogP contribution >= 0.6 is 0 Å². The number of hydrogen-bond donors (Lipinski definition) is 1. The third-order valence-electron chi connectivity index (χ3n) is 5.08. The zero-order valence-corrected chi connectivity index (χ0v) is 13.3. The summed E-state index contributed by atoms with van der Waals surface area (Å²) >= 11 is 0. The van der Waals surface area contributed by atoms with E-state index in [1.807, 2.05) is 0 Å². The van der Waals surface area contributed by atoms with Crippen LogP contribution in [0, 0.1) is 5.92 Å². The molecule has 116 valence electrons. The lowest BCUT2D eigenvalue weighted by atomic mass is 9.93. The van der Waals surface area contributed by atoms with Crippen LogP contribution in [-0.2, 0) is 11.2 Å². The fraction of sp³-hybridized carbons (Fsp3) is 0.684. The van der Waals surface area contributed by atoms with Crippen molar-refractivity contribution in [2.24, 2.45) is 5.92 Å². The van der Waals surface area contributed by atoms with Gasteiger partial charge in [0.05, 0.1) is 6.10 Å². The first-order chi connectivity index (χ1) is 10.4. The molecule has 1 aliphatic heterocycles. The molecule has 1 heterocycles. The highest BCUT2D eigenvalue weighted by Gasteiger charge is 2.31. The van der Waals surface area contributed by atoms with Crippen LogP contribution in [0.15, 0.2) is 24.3 Å². The van der Waals surface area contributed by atoms with Gasteiger partial charge in [-0.15, -0.1) is 0 Å². The van der Waals surface area contributed by atoms with Crippen LogP contribution in [0.1, 0.15) is 62.6 Å². The van der Waals surface area contributed by atoms with Gasteiger partial charge in [-0.3, -0.25) is 0 Å². The topological polar surface area (TPSA) is 21.3 Å². The van der Waals surface area contributed by atoms with Gasteiger partial charge in [-0.25, -0.2) is 0 Å². The number of nitrogens with one attached hydrogen (secondary N) is 1. The fourth-order valence-corrected chi connectivity index (χ4v) is 4.00. The van der Waals surface area contributed by atoms with Crippen molar-refractivity contribution in [1.29, 1.82) is 0 Å². The van der Waals surface area contributed by atoms with E-state index in [9.17, 15) is 0 Å². The predicted octanol–water partition coefficient (Wildman–Crippen LogP) is 4.25. The summed E-state index contributed by atoms with van der Waals surface area (Å²) < 4.78 is 5.76. The SMILES string of the molecule is CCCNC1c2ccccc2CC1CCCC1CCCO1. The molecule has 1 aromatic rings. The molecule has 0 amide bonds. The van der Waals surface area contributed by atoms with Gasteiger partial charge in [0.1, 0.15) is 0 Å². The van der Waals surface area contributed by atoms with Crippen molar-refractivity contribution in [3.05, 3.63) is 35.4 Å². The Morgan fingerprint density at radius 2 is 2.14 bits per heavy atom. The Balaban J connectivity index is 1.56. The lowest BCUT2D eigenvalue weighted by Gasteiger charge is -2.22. The van der Waals surface area contributed by atoms with Crippen molar-refractivity contribution in [2.75, 3.05) is 13.2 Å². The van der Waals surface area contributed by atoms with E-state index >= 15 is 0 Å². The Bertz CT molecular complexity index is 439. The van der Waals surface area contributed by atoms with Crippen LogP contribution in [0.4, 0.5) is 0 Å². The number of hydrogen-bond acceptors (Lipinski definition) is 2. The molecule has 3 rings (SSSR count). The zero-order valence-electron chi connectivity index (χ0n) is 13.3. The van der Waals surface area contributed by atoms with Gasteiger partial charge in [-0.1, -0.05) is 37.6 Å². The van der Waals surface area contributed by atoms with Gasteiger partial charge in [-0.2, -0.15) is 0 Å². The average molecular weight is 287 g/mol. The van der Waals surface area contributed by atoms with Crippen molar-refractivity contribution < 1.29 is 4.74 Å². The minimum Gasteiger partial charge on any atom is -0.378 e. The summed E-state index contributed by atoms with van der Waals surface area (Å²) in [5, 5.41) is 3.78. The summed E-state index contributed by atoms with van der Waals surface area (Å²) in [4.78, 5) is 0. The quantitative estimate of drug-likeness (QED) is 0.809. The molecule has 3 atom stereocenters. The van der Waals surface area contributed by atoms with Gasteiger partial charge in [0, 0.05) is 12.6 Å². The van der Waals surface area contributed by atoms with Gasteiger partial charge in [0.15, 0.2) is 0 Å². The van der Waals surface area contributed by atoms with Gasteiger partial charge in [0.2, 0.25) is 0 Å². The Kier molecular flexibility index (Phi) is 5.32. The Morgan fingerprint density at radius 3 is 2.95 bits per heavy atom. The maximum absolute atomic E-state index is 5.76. The largest absolute Gasteiger partial charge is 0.378 e. The molecule has 21 heavy (non-hydrogen) atoms. The summed E-state index contributed by atoms with van der Waals surface area (Å²) in [5.74, 6) is 0.773. The van der Waals surface area contributed by atoms with Crippen molar-refractivity contribution in [1.82, 2.24) is 5.32 Å². The molecule has 1 aliphatic carbocycles. The Hall–Kier alpha value is -0.860. The highest BCUT2D eigenvalue weighted by Crippen LogP contribution is 2.39. The van der Waals surface area contributed by atoms with Crippen molar-refractivity contribution in [3.63, 3.8) is 0 Å². The van der Waals surface area contributed by atoms with Crippen molar-refractivity contribution in [2.45, 2.75) is 64.0 Å². The summed E-state index contributed by atoms with van der Waals surface area (Å²) in [7, 11) is 0. The van der Waals surface area contributed by atoms with E-state index in [2.05, 4.69) is 36.5 Å².